The number of thioether (sulfide) groups is 1. The molecule has 0 saturated carbocycles. The number of ether oxygens (including phenoxy) is 1. The maximum absolute atomic E-state index is 11.7. The number of nitrogen functional groups attached to an aromatic ring is 1. The Kier molecular flexibility index (Phi) is 6.05. The summed E-state index contributed by atoms with van der Waals surface area (Å²) in [4.78, 5) is 12.7. The topological polar surface area (TPSA) is 52.3 Å². The number of anilines is 1. The molecule has 0 aliphatic heterocycles. The fraction of sp³-hybridized carbons (Fsp3) is 0.500. The number of esters is 1. The molecule has 2 N–H and O–H groups in total. The van der Waals surface area contributed by atoms with Gasteiger partial charge < -0.3 is 10.5 Å². The Morgan fingerprint density at radius 1 is 1.50 bits per heavy atom. The van der Waals surface area contributed by atoms with Gasteiger partial charge in [-0.3, -0.25) is 4.79 Å². The Balaban J connectivity index is 2.78. The minimum atomic E-state index is -0.173. The predicted octanol–water partition coefficient (Wildman–Crippen LogP) is 3.40. The summed E-state index contributed by atoms with van der Waals surface area (Å²) in [5.74, 6) is -0.173. The molecule has 1 unspecified atom stereocenters. The van der Waals surface area contributed by atoms with Crippen molar-refractivity contribution in [2.75, 3.05) is 12.8 Å². The first kappa shape index (κ1) is 14.9. The summed E-state index contributed by atoms with van der Waals surface area (Å²) in [7, 11) is 1.43. The molecule has 100 valence electrons. The number of hydrogen-bond acceptors (Lipinski definition) is 4. The van der Waals surface area contributed by atoms with Crippen LogP contribution in [0.3, 0.4) is 0 Å². The van der Waals surface area contributed by atoms with Crippen molar-refractivity contribution in [1.29, 1.82) is 0 Å². The maximum atomic E-state index is 11.7. The average Bonchev–Trinajstić information content (AvgIpc) is 2.36. The van der Waals surface area contributed by atoms with Crippen molar-refractivity contribution in [2.45, 2.75) is 43.3 Å². The van der Waals surface area contributed by atoms with E-state index in [4.69, 9.17) is 10.5 Å². The van der Waals surface area contributed by atoms with Gasteiger partial charge in [0.15, 0.2) is 0 Å². The molecule has 0 aromatic heterocycles. The zero-order valence-electron chi connectivity index (χ0n) is 11.2. The first-order valence-electron chi connectivity index (χ1n) is 6.19. The van der Waals surface area contributed by atoms with Crippen LogP contribution in [0.25, 0.3) is 0 Å². The lowest BCUT2D eigenvalue weighted by atomic mass is 10.2. The minimum Gasteiger partial charge on any atom is -0.468 e. The molecular formula is C14H21NO2S. The van der Waals surface area contributed by atoms with Crippen molar-refractivity contribution >= 4 is 23.4 Å². The van der Waals surface area contributed by atoms with Crippen LogP contribution in [0.15, 0.2) is 23.1 Å². The van der Waals surface area contributed by atoms with Gasteiger partial charge in [0.1, 0.15) is 5.25 Å². The summed E-state index contributed by atoms with van der Waals surface area (Å²) in [6, 6.07) is 5.90. The highest BCUT2D eigenvalue weighted by Gasteiger charge is 2.20. The average molecular weight is 267 g/mol. The van der Waals surface area contributed by atoms with Crippen LogP contribution in [0.2, 0.25) is 0 Å². The van der Waals surface area contributed by atoms with Crippen LogP contribution < -0.4 is 5.73 Å². The highest BCUT2D eigenvalue weighted by molar-refractivity contribution is 8.00. The predicted molar refractivity (Wildman–Crippen MR) is 76.8 cm³/mol. The Hall–Kier alpha value is -1.16. The van der Waals surface area contributed by atoms with Gasteiger partial charge in [-0.2, -0.15) is 0 Å². The van der Waals surface area contributed by atoms with Gasteiger partial charge in [0, 0.05) is 10.6 Å². The molecule has 1 rings (SSSR count). The van der Waals surface area contributed by atoms with Crippen molar-refractivity contribution in [3.8, 4) is 0 Å². The van der Waals surface area contributed by atoms with Gasteiger partial charge in [0.2, 0.25) is 0 Å². The van der Waals surface area contributed by atoms with Crippen LogP contribution in [0.1, 0.15) is 31.7 Å². The lowest BCUT2D eigenvalue weighted by molar-refractivity contribution is -0.140. The van der Waals surface area contributed by atoms with E-state index in [1.807, 2.05) is 25.1 Å². The zero-order valence-corrected chi connectivity index (χ0v) is 12.0. The molecule has 18 heavy (non-hydrogen) atoms. The molecule has 1 aromatic carbocycles. The van der Waals surface area contributed by atoms with E-state index in [1.165, 1.54) is 18.9 Å². The molecule has 0 radical (unpaired) electrons. The molecule has 0 amide bonds. The molecule has 1 aromatic rings. The van der Waals surface area contributed by atoms with Crippen LogP contribution in [0.4, 0.5) is 5.69 Å². The van der Waals surface area contributed by atoms with E-state index in [2.05, 4.69) is 6.92 Å². The smallest absolute Gasteiger partial charge is 0.319 e. The number of hydrogen-bond donors (Lipinski definition) is 1. The van der Waals surface area contributed by atoms with E-state index < -0.39 is 0 Å². The molecule has 0 heterocycles. The molecular weight excluding hydrogens is 246 g/mol. The van der Waals surface area contributed by atoms with Crippen molar-refractivity contribution in [3.63, 3.8) is 0 Å². The van der Waals surface area contributed by atoms with E-state index >= 15 is 0 Å². The van der Waals surface area contributed by atoms with Crippen LogP contribution in [-0.2, 0) is 9.53 Å². The number of methoxy groups -OCH3 is 1. The van der Waals surface area contributed by atoms with Gasteiger partial charge in [-0.15, -0.1) is 11.8 Å². The summed E-state index contributed by atoms with van der Waals surface area (Å²) in [6.45, 7) is 4.11. The van der Waals surface area contributed by atoms with Crippen molar-refractivity contribution < 1.29 is 9.53 Å². The summed E-state index contributed by atoms with van der Waals surface area (Å²) in [5, 5.41) is -0.167. The van der Waals surface area contributed by atoms with Crippen LogP contribution in [0, 0.1) is 6.92 Å². The number of carbonyl (C=O) groups excluding carboxylic acids is 1. The Morgan fingerprint density at radius 3 is 2.78 bits per heavy atom. The van der Waals surface area contributed by atoms with Gasteiger partial charge in [-0.1, -0.05) is 25.8 Å². The van der Waals surface area contributed by atoms with Gasteiger partial charge in [-0.25, -0.2) is 0 Å². The third-order valence-corrected chi connectivity index (χ3v) is 4.06. The Morgan fingerprint density at radius 2 is 2.22 bits per heavy atom. The molecule has 0 aliphatic rings. The second-order valence-electron chi connectivity index (χ2n) is 4.31. The van der Waals surface area contributed by atoms with Gasteiger partial charge in [0.05, 0.1) is 7.11 Å². The summed E-state index contributed by atoms with van der Waals surface area (Å²) >= 11 is 1.50. The monoisotopic (exact) mass is 267 g/mol. The van der Waals surface area contributed by atoms with E-state index in [0.717, 1.165) is 35.4 Å². The van der Waals surface area contributed by atoms with E-state index in [0.29, 0.717) is 0 Å². The van der Waals surface area contributed by atoms with E-state index in [-0.39, 0.29) is 11.2 Å². The highest BCUT2D eigenvalue weighted by atomic mass is 32.2. The lowest BCUT2D eigenvalue weighted by Gasteiger charge is -2.15. The SMILES string of the molecule is CCCCC(Sc1ccc(C)cc1N)C(=O)OC. The highest BCUT2D eigenvalue weighted by Crippen LogP contribution is 2.32. The summed E-state index contributed by atoms with van der Waals surface area (Å²) in [5.41, 5.74) is 7.82. The third kappa shape index (κ3) is 4.26. The Bertz CT molecular complexity index is 407. The first-order valence-corrected chi connectivity index (χ1v) is 7.07. The minimum absolute atomic E-state index is 0.167. The van der Waals surface area contributed by atoms with E-state index in [1.54, 1.807) is 0 Å². The fourth-order valence-electron chi connectivity index (χ4n) is 1.67. The zero-order chi connectivity index (χ0) is 13.5. The normalized spacial score (nSPS) is 12.2. The Labute approximate surface area is 113 Å². The maximum Gasteiger partial charge on any atom is 0.319 e. The second-order valence-corrected chi connectivity index (χ2v) is 5.56. The number of rotatable bonds is 6. The van der Waals surface area contributed by atoms with Gasteiger partial charge in [-0.05, 0) is 31.0 Å². The number of benzene rings is 1. The molecule has 0 saturated heterocycles. The number of carbonyl (C=O) groups is 1. The summed E-state index contributed by atoms with van der Waals surface area (Å²) < 4.78 is 4.84. The molecule has 0 spiro atoms. The quantitative estimate of drug-likeness (QED) is 0.487. The van der Waals surface area contributed by atoms with Crippen LogP contribution in [-0.4, -0.2) is 18.3 Å². The fourth-order valence-corrected chi connectivity index (χ4v) is 2.80. The molecule has 3 nitrogen and oxygen atoms in total. The van der Waals surface area contributed by atoms with Crippen molar-refractivity contribution in [3.05, 3.63) is 23.8 Å². The molecule has 1 atom stereocenters. The van der Waals surface area contributed by atoms with Gasteiger partial charge >= 0.3 is 5.97 Å². The number of aryl methyl sites for hydroxylation is 1. The van der Waals surface area contributed by atoms with Gasteiger partial charge in [0.25, 0.3) is 0 Å². The largest absolute Gasteiger partial charge is 0.468 e. The third-order valence-electron chi connectivity index (χ3n) is 2.72. The second kappa shape index (κ2) is 7.31. The first-order chi connectivity index (χ1) is 8.58. The molecule has 0 fully saturated rings. The molecule has 0 bridgehead atoms. The standard InChI is InChI=1S/C14H21NO2S/c1-4-5-6-13(14(16)17-3)18-12-8-7-10(2)9-11(12)15/h7-9,13H,4-6,15H2,1-3H3. The molecule has 0 aliphatic carbocycles. The lowest BCUT2D eigenvalue weighted by Crippen LogP contribution is -2.18. The summed E-state index contributed by atoms with van der Waals surface area (Å²) in [6.07, 6.45) is 2.90. The number of unbranched alkanes of at least 4 members (excludes halogenated alkanes) is 1. The van der Waals surface area contributed by atoms with Crippen molar-refractivity contribution in [1.82, 2.24) is 0 Å². The van der Waals surface area contributed by atoms with Crippen molar-refractivity contribution in [2.24, 2.45) is 0 Å². The molecule has 4 heteroatoms. The number of nitrogens with two attached hydrogens (primary N) is 1. The van der Waals surface area contributed by atoms with Crippen LogP contribution >= 0.6 is 11.8 Å². The van der Waals surface area contributed by atoms with E-state index in [9.17, 15) is 4.79 Å². The van der Waals surface area contributed by atoms with Crippen LogP contribution in [0.5, 0.6) is 0 Å².